The summed E-state index contributed by atoms with van der Waals surface area (Å²) < 4.78 is 4.15. The Kier molecular flexibility index (Phi) is 4.75. The molecule has 2 unspecified atom stereocenters. The second kappa shape index (κ2) is 7.06. The van der Waals surface area contributed by atoms with E-state index in [0.717, 1.165) is 16.6 Å². The highest BCUT2D eigenvalue weighted by Gasteiger charge is 2.29. The van der Waals surface area contributed by atoms with Crippen molar-refractivity contribution >= 4 is 33.0 Å². The molecule has 1 aliphatic rings. The van der Waals surface area contributed by atoms with E-state index in [1.54, 1.807) is 11.3 Å². The van der Waals surface area contributed by atoms with Gasteiger partial charge in [-0.2, -0.15) is 5.10 Å². The molecule has 9 heteroatoms. The summed E-state index contributed by atoms with van der Waals surface area (Å²) in [4.78, 5) is 25.1. The van der Waals surface area contributed by atoms with E-state index >= 15 is 0 Å². The fraction of sp³-hybridized carbons (Fsp3) is 0.500. The van der Waals surface area contributed by atoms with Crippen molar-refractivity contribution < 1.29 is 4.79 Å². The Balaban J connectivity index is 1.46. The number of hydrogen-bond acceptors (Lipinski definition) is 6. The Labute approximate surface area is 160 Å². The smallest absolute Gasteiger partial charge is 0.291 e. The van der Waals surface area contributed by atoms with Gasteiger partial charge in [-0.05, 0) is 50.6 Å². The van der Waals surface area contributed by atoms with E-state index in [9.17, 15) is 9.59 Å². The fourth-order valence-corrected chi connectivity index (χ4v) is 4.72. The van der Waals surface area contributed by atoms with Gasteiger partial charge in [0.1, 0.15) is 17.9 Å². The number of aromatic nitrogens is 3. The van der Waals surface area contributed by atoms with Crippen LogP contribution in [0.15, 0.2) is 22.3 Å². The van der Waals surface area contributed by atoms with Crippen LogP contribution in [-0.4, -0.2) is 38.7 Å². The highest BCUT2D eigenvalue weighted by molar-refractivity contribution is 7.17. The number of thiophene rings is 1. The molecule has 8 nitrogen and oxygen atoms in total. The number of fused-ring (bicyclic) bond motifs is 3. The number of nitrogens with one attached hydrogen (secondary N) is 3. The van der Waals surface area contributed by atoms with Crippen LogP contribution in [0.25, 0.3) is 15.7 Å². The minimum Gasteiger partial charge on any atom is -0.354 e. The first-order chi connectivity index (χ1) is 13.0. The molecule has 144 valence electrons. The third kappa shape index (κ3) is 3.26. The molecular formula is C18H24N6O2S. The van der Waals surface area contributed by atoms with Gasteiger partial charge in [-0.15, -0.1) is 11.3 Å². The molecule has 0 aliphatic carbocycles. The monoisotopic (exact) mass is 388 g/mol. The van der Waals surface area contributed by atoms with Crippen LogP contribution in [0.3, 0.4) is 0 Å². The molecule has 0 aromatic carbocycles. The zero-order valence-electron chi connectivity index (χ0n) is 15.7. The van der Waals surface area contributed by atoms with Crippen molar-refractivity contribution in [1.82, 2.24) is 30.3 Å². The number of hydrogen-bond donors (Lipinski definition) is 3. The van der Waals surface area contributed by atoms with E-state index in [2.05, 4.69) is 35.1 Å². The van der Waals surface area contributed by atoms with Crippen LogP contribution < -0.4 is 21.7 Å². The molecule has 3 N–H and O–H groups in total. The first-order valence-electron chi connectivity index (χ1n) is 9.20. The van der Waals surface area contributed by atoms with Crippen molar-refractivity contribution in [2.24, 2.45) is 5.92 Å². The lowest BCUT2D eigenvalue weighted by Gasteiger charge is -2.18. The molecule has 3 aromatic heterocycles. The normalized spacial score (nSPS) is 22.7. The maximum Gasteiger partial charge on any atom is 0.291 e. The van der Waals surface area contributed by atoms with Gasteiger partial charge < -0.3 is 5.32 Å². The Bertz CT molecular complexity index is 1040. The molecule has 0 radical (unpaired) electrons. The SMILES string of the molecule is Cc1nn(CC(=O)NCCC2C(C)NNC2C)c(=O)c2cc3sccc3n12. The van der Waals surface area contributed by atoms with Crippen molar-refractivity contribution in [3.8, 4) is 0 Å². The molecule has 1 fully saturated rings. The van der Waals surface area contributed by atoms with Gasteiger partial charge in [-0.1, -0.05) is 0 Å². The van der Waals surface area contributed by atoms with E-state index < -0.39 is 0 Å². The Morgan fingerprint density at radius 3 is 2.78 bits per heavy atom. The van der Waals surface area contributed by atoms with Crippen LogP contribution in [0.4, 0.5) is 0 Å². The van der Waals surface area contributed by atoms with Gasteiger partial charge in [0.15, 0.2) is 0 Å². The van der Waals surface area contributed by atoms with Gasteiger partial charge in [-0.25, -0.2) is 4.68 Å². The van der Waals surface area contributed by atoms with E-state index in [0.29, 0.717) is 35.9 Å². The molecule has 1 aliphatic heterocycles. The van der Waals surface area contributed by atoms with Gasteiger partial charge in [0.05, 0.1) is 10.2 Å². The minimum absolute atomic E-state index is 0.0682. The summed E-state index contributed by atoms with van der Waals surface area (Å²) >= 11 is 1.59. The largest absolute Gasteiger partial charge is 0.354 e. The number of carbonyl (C=O) groups excluding carboxylic acids is 1. The molecular weight excluding hydrogens is 364 g/mol. The van der Waals surface area contributed by atoms with Gasteiger partial charge in [-0.3, -0.25) is 24.8 Å². The number of amides is 1. The number of nitrogens with zero attached hydrogens (tertiary/aromatic N) is 3. The van der Waals surface area contributed by atoms with Gasteiger partial charge in [0.2, 0.25) is 5.91 Å². The van der Waals surface area contributed by atoms with Crippen molar-refractivity contribution in [3.05, 3.63) is 33.7 Å². The van der Waals surface area contributed by atoms with E-state index in [-0.39, 0.29) is 18.0 Å². The minimum atomic E-state index is -0.245. The summed E-state index contributed by atoms with van der Waals surface area (Å²) in [5, 5.41) is 9.25. The fourth-order valence-electron chi connectivity index (χ4n) is 3.92. The third-order valence-electron chi connectivity index (χ3n) is 5.38. The first kappa shape index (κ1) is 18.1. The lowest BCUT2D eigenvalue weighted by atomic mass is 9.93. The second-order valence-electron chi connectivity index (χ2n) is 7.21. The highest BCUT2D eigenvalue weighted by atomic mass is 32.1. The van der Waals surface area contributed by atoms with E-state index in [4.69, 9.17) is 0 Å². The van der Waals surface area contributed by atoms with Gasteiger partial charge >= 0.3 is 0 Å². The van der Waals surface area contributed by atoms with Crippen molar-refractivity contribution in [1.29, 1.82) is 0 Å². The number of hydrazine groups is 1. The summed E-state index contributed by atoms with van der Waals surface area (Å²) in [7, 11) is 0. The van der Waals surface area contributed by atoms with E-state index in [1.165, 1.54) is 4.68 Å². The lowest BCUT2D eigenvalue weighted by molar-refractivity contribution is -0.121. The summed E-state index contributed by atoms with van der Waals surface area (Å²) in [6.45, 7) is 6.63. The van der Waals surface area contributed by atoms with Crippen LogP contribution in [0.5, 0.6) is 0 Å². The molecule has 0 bridgehead atoms. The summed E-state index contributed by atoms with van der Waals surface area (Å²) in [6.07, 6.45) is 0.878. The quantitative estimate of drug-likeness (QED) is 0.607. The molecule has 3 aromatic rings. The predicted molar refractivity (Wildman–Crippen MR) is 106 cm³/mol. The zero-order chi connectivity index (χ0) is 19.1. The molecule has 4 heterocycles. The predicted octanol–water partition coefficient (Wildman–Crippen LogP) is 1.03. The average molecular weight is 388 g/mol. The van der Waals surface area contributed by atoms with E-state index in [1.807, 2.05) is 28.8 Å². The second-order valence-corrected chi connectivity index (χ2v) is 8.16. The molecule has 1 amide bonds. The first-order valence-corrected chi connectivity index (χ1v) is 10.1. The summed E-state index contributed by atoms with van der Waals surface area (Å²) in [5.74, 6) is 0.955. The molecule has 4 rings (SSSR count). The van der Waals surface area contributed by atoms with Crippen LogP contribution in [0.2, 0.25) is 0 Å². The summed E-state index contributed by atoms with van der Waals surface area (Å²) in [6, 6.07) is 4.59. The number of aryl methyl sites for hydroxylation is 1. The van der Waals surface area contributed by atoms with Crippen LogP contribution in [-0.2, 0) is 11.3 Å². The topological polar surface area (TPSA) is 92.5 Å². The van der Waals surface area contributed by atoms with Gasteiger partial charge in [0, 0.05) is 18.6 Å². The Morgan fingerprint density at radius 1 is 1.30 bits per heavy atom. The van der Waals surface area contributed by atoms with Crippen LogP contribution in [0.1, 0.15) is 26.1 Å². The highest BCUT2D eigenvalue weighted by Crippen LogP contribution is 2.24. The number of rotatable bonds is 5. The number of carbonyl (C=O) groups is 1. The van der Waals surface area contributed by atoms with Crippen molar-refractivity contribution in [2.45, 2.75) is 45.8 Å². The van der Waals surface area contributed by atoms with Gasteiger partial charge in [0.25, 0.3) is 5.56 Å². The zero-order valence-corrected chi connectivity index (χ0v) is 16.5. The van der Waals surface area contributed by atoms with Crippen LogP contribution >= 0.6 is 11.3 Å². The maximum atomic E-state index is 12.7. The maximum absolute atomic E-state index is 12.7. The molecule has 0 saturated carbocycles. The Hall–Kier alpha value is -2.23. The summed E-state index contributed by atoms with van der Waals surface area (Å²) in [5.41, 5.74) is 7.73. The van der Waals surface area contributed by atoms with Crippen LogP contribution in [0, 0.1) is 12.8 Å². The molecule has 0 spiro atoms. The lowest BCUT2D eigenvalue weighted by Crippen LogP contribution is -2.36. The molecule has 27 heavy (non-hydrogen) atoms. The Morgan fingerprint density at radius 2 is 2.04 bits per heavy atom. The average Bonchev–Trinajstić information content (AvgIpc) is 3.29. The standard InChI is InChI=1S/C18H24N6O2S/c1-10-13(11(2)21-20-10)4-6-19-17(25)9-23-18(26)15-8-16-14(5-7-27-16)24(15)12(3)22-23/h5,7-8,10-11,13,20-21H,4,6,9H2,1-3H3,(H,19,25). The third-order valence-corrected chi connectivity index (χ3v) is 6.24. The van der Waals surface area contributed by atoms with Crippen molar-refractivity contribution in [2.75, 3.05) is 6.54 Å². The molecule has 2 atom stereocenters. The van der Waals surface area contributed by atoms with Crippen molar-refractivity contribution in [3.63, 3.8) is 0 Å². The molecule has 1 saturated heterocycles.